The van der Waals surface area contributed by atoms with Gasteiger partial charge in [-0.05, 0) is 36.8 Å². The third kappa shape index (κ3) is 5.71. The maximum atomic E-state index is 13.1. The first-order valence-electron chi connectivity index (χ1n) is 11.5. The quantitative estimate of drug-likeness (QED) is 0.264. The van der Waals surface area contributed by atoms with Crippen LogP contribution in [0.5, 0.6) is 0 Å². The lowest BCUT2D eigenvalue weighted by molar-refractivity contribution is -0.128. The molecule has 0 bridgehead atoms. The molecule has 0 aliphatic carbocycles. The van der Waals surface area contributed by atoms with E-state index in [2.05, 4.69) is 24.0 Å². The van der Waals surface area contributed by atoms with E-state index in [9.17, 15) is 9.59 Å². The molecule has 8 heteroatoms. The van der Waals surface area contributed by atoms with E-state index in [1.165, 1.54) is 17.4 Å². The molecule has 0 radical (unpaired) electrons. The van der Waals surface area contributed by atoms with Crippen LogP contribution in [0.25, 0.3) is 10.9 Å². The van der Waals surface area contributed by atoms with Gasteiger partial charge in [-0.1, -0.05) is 61.3 Å². The Hall–Kier alpha value is -2.51. The third-order valence-corrected chi connectivity index (χ3v) is 7.14. The molecule has 3 aromatic rings. The van der Waals surface area contributed by atoms with Gasteiger partial charge in [0.25, 0.3) is 5.56 Å². The van der Waals surface area contributed by atoms with Crippen molar-refractivity contribution in [3.05, 3.63) is 63.9 Å². The lowest BCUT2D eigenvalue weighted by Crippen LogP contribution is -2.49. The van der Waals surface area contributed by atoms with Crippen LogP contribution in [-0.4, -0.2) is 52.3 Å². The number of para-hydroxylation sites is 1. The number of amides is 1. The van der Waals surface area contributed by atoms with Crippen molar-refractivity contribution in [2.45, 2.75) is 37.9 Å². The number of carbonyl (C=O) groups is 1. The van der Waals surface area contributed by atoms with Crippen LogP contribution in [0.1, 0.15) is 26.2 Å². The van der Waals surface area contributed by atoms with Gasteiger partial charge in [-0.25, -0.2) is 4.98 Å². The lowest BCUT2D eigenvalue weighted by Gasteiger charge is -2.36. The van der Waals surface area contributed by atoms with Crippen LogP contribution >= 0.6 is 23.4 Å². The average Bonchev–Trinajstić information content (AvgIpc) is 2.84. The Balaban J connectivity index is 1.45. The Labute approximate surface area is 203 Å². The fourth-order valence-corrected chi connectivity index (χ4v) is 5.17. The minimum atomic E-state index is -0.0702. The van der Waals surface area contributed by atoms with Gasteiger partial charge in [-0.2, -0.15) is 0 Å². The van der Waals surface area contributed by atoms with E-state index in [0.29, 0.717) is 40.7 Å². The zero-order valence-electron chi connectivity index (χ0n) is 18.9. The first-order valence-corrected chi connectivity index (χ1v) is 12.8. The highest BCUT2D eigenvalue weighted by atomic mass is 35.5. The summed E-state index contributed by atoms with van der Waals surface area (Å²) in [5.41, 5.74) is 1.69. The monoisotopic (exact) mass is 484 g/mol. The molecule has 4 rings (SSSR count). The number of fused-ring (bicyclic) bond motifs is 1. The normalized spacial score (nSPS) is 14.1. The molecule has 0 unspecified atom stereocenters. The van der Waals surface area contributed by atoms with Crippen LogP contribution in [-0.2, 0) is 11.3 Å². The van der Waals surface area contributed by atoms with Crippen LogP contribution in [0, 0.1) is 0 Å². The van der Waals surface area contributed by atoms with Crippen molar-refractivity contribution in [3.63, 3.8) is 0 Å². The van der Waals surface area contributed by atoms with Crippen LogP contribution < -0.4 is 10.5 Å². The number of carbonyl (C=O) groups excluding carboxylic acids is 1. The second-order valence-corrected chi connectivity index (χ2v) is 9.59. The molecule has 0 N–H and O–H groups in total. The number of anilines is 1. The predicted molar refractivity (Wildman–Crippen MR) is 136 cm³/mol. The molecule has 1 aliphatic heterocycles. The van der Waals surface area contributed by atoms with Gasteiger partial charge in [-0.15, -0.1) is 0 Å². The summed E-state index contributed by atoms with van der Waals surface area (Å²) in [6, 6.07) is 15.4. The summed E-state index contributed by atoms with van der Waals surface area (Å²) < 4.78 is 1.72. The number of aromatic nitrogens is 2. The summed E-state index contributed by atoms with van der Waals surface area (Å²) in [4.78, 5) is 35.0. The molecule has 1 amide bonds. The highest BCUT2D eigenvalue weighted by molar-refractivity contribution is 7.99. The van der Waals surface area contributed by atoms with Gasteiger partial charge < -0.3 is 9.80 Å². The van der Waals surface area contributed by atoms with Crippen molar-refractivity contribution in [3.8, 4) is 0 Å². The minimum Gasteiger partial charge on any atom is -0.368 e. The molecule has 2 heterocycles. The Morgan fingerprint density at radius 3 is 2.55 bits per heavy atom. The van der Waals surface area contributed by atoms with E-state index in [1.807, 2.05) is 23.1 Å². The number of rotatable bonds is 8. The zero-order chi connectivity index (χ0) is 23.2. The van der Waals surface area contributed by atoms with E-state index in [1.54, 1.807) is 22.8 Å². The Morgan fingerprint density at radius 1 is 1.06 bits per heavy atom. The molecule has 0 atom stereocenters. The molecule has 2 aromatic carbocycles. The van der Waals surface area contributed by atoms with E-state index in [-0.39, 0.29) is 17.2 Å². The number of unbranched alkanes of at least 4 members (excludes halogenated alkanes) is 2. The second kappa shape index (κ2) is 11.1. The van der Waals surface area contributed by atoms with E-state index < -0.39 is 0 Å². The molecule has 33 heavy (non-hydrogen) atoms. The maximum Gasteiger partial charge on any atom is 0.262 e. The molecule has 174 valence electrons. The van der Waals surface area contributed by atoms with Gasteiger partial charge in [0.15, 0.2) is 5.16 Å². The van der Waals surface area contributed by atoms with Crippen molar-refractivity contribution >= 4 is 45.9 Å². The number of piperazine rings is 1. The summed E-state index contributed by atoms with van der Waals surface area (Å²) in [5.74, 6) is 0.339. The van der Waals surface area contributed by atoms with Crippen molar-refractivity contribution in [1.82, 2.24) is 14.5 Å². The highest BCUT2D eigenvalue weighted by Crippen LogP contribution is 2.22. The van der Waals surface area contributed by atoms with Gasteiger partial charge in [-0.3, -0.25) is 14.2 Å². The molecule has 0 spiro atoms. The Bertz CT molecular complexity index is 1160. The number of nitrogens with zero attached hydrogens (tertiary/aromatic N) is 4. The molecular formula is C25H29ClN4O2S. The third-order valence-electron chi connectivity index (χ3n) is 5.95. The van der Waals surface area contributed by atoms with Gasteiger partial charge in [0, 0.05) is 43.4 Å². The Morgan fingerprint density at radius 2 is 1.82 bits per heavy atom. The zero-order valence-corrected chi connectivity index (χ0v) is 20.4. The number of hydrogen-bond acceptors (Lipinski definition) is 5. The van der Waals surface area contributed by atoms with Crippen LogP contribution in [0.4, 0.5) is 5.69 Å². The molecule has 1 saturated heterocycles. The lowest BCUT2D eigenvalue weighted by atomic mass is 10.2. The minimum absolute atomic E-state index is 0.0702. The highest BCUT2D eigenvalue weighted by Gasteiger charge is 2.22. The standard InChI is InChI=1S/C25H29ClN4O2S/c1-2-3-7-12-30-24(32)21-11-10-19(26)17-22(21)27-25(30)33-18-23(31)29-15-13-28(14-16-29)20-8-5-4-6-9-20/h4-6,8-11,17H,2-3,7,12-16,18H2,1H3. The van der Waals surface area contributed by atoms with Crippen molar-refractivity contribution in [2.24, 2.45) is 0 Å². The molecular weight excluding hydrogens is 456 g/mol. The summed E-state index contributed by atoms with van der Waals surface area (Å²) in [7, 11) is 0. The van der Waals surface area contributed by atoms with Gasteiger partial charge in [0.05, 0.1) is 16.7 Å². The molecule has 1 aromatic heterocycles. The Kier molecular flexibility index (Phi) is 7.93. The van der Waals surface area contributed by atoms with Crippen LogP contribution in [0.15, 0.2) is 58.5 Å². The average molecular weight is 485 g/mol. The second-order valence-electron chi connectivity index (χ2n) is 8.21. The molecule has 1 fully saturated rings. The largest absolute Gasteiger partial charge is 0.368 e. The van der Waals surface area contributed by atoms with E-state index in [4.69, 9.17) is 16.6 Å². The maximum absolute atomic E-state index is 13.1. The number of halogens is 1. The molecule has 1 aliphatic rings. The van der Waals surface area contributed by atoms with Gasteiger partial charge >= 0.3 is 0 Å². The van der Waals surface area contributed by atoms with Crippen LogP contribution in [0.2, 0.25) is 5.02 Å². The first kappa shape index (κ1) is 23.6. The summed E-state index contributed by atoms with van der Waals surface area (Å²) in [5, 5.41) is 1.69. The SMILES string of the molecule is CCCCCn1c(SCC(=O)N2CCN(c3ccccc3)CC2)nc2cc(Cl)ccc2c1=O. The number of benzene rings is 2. The number of hydrogen-bond donors (Lipinski definition) is 0. The smallest absolute Gasteiger partial charge is 0.262 e. The van der Waals surface area contributed by atoms with Gasteiger partial charge in [0.1, 0.15) is 0 Å². The van der Waals surface area contributed by atoms with Crippen molar-refractivity contribution in [2.75, 3.05) is 36.8 Å². The summed E-state index contributed by atoms with van der Waals surface area (Å²) in [6.45, 7) is 5.75. The fourth-order valence-electron chi connectivity index (χ4n) is 4.07. The fraction of sp³-hybridized carbons (Fsp3) is 0.400. The number of thioether (sulfide) groups is 1. The van der Waals surface area contributed by atoms with Gasteiger partial charge in [0.2, 0.25) is 5.91 Å². The van der Waals surface area contributed by atoms with Crippen molar-refractivity contribution in [1.29, 1.82) is 0 Å². The topological polar surface area (TPSA) is 58.4 Å². The van der Waals surface area contributed by atoms with Crippen LogP contribution in [0.3, 0.4) is 0 Å². The first-order chi connectivity index (χ1) is 16.1. The van der Waals surface area contributed by atoms with E-state index in [0.717, 1.165) is 32.4 Å². The predicted octanol–water partition coefficient (Wildman–Crippen LogP) is 4.68. The van der Waals surface area contributed by atoms with E-state index >= 15 is 0 Å². The molecule has 6 nitrogen and oxygen atoms in total. The summed E-state index contributed by atoms with van der Waals surface area (Å²) in [6.07, 6.45) is 3.02. The van der Waals surface area contributed by atoms with Crippen molar-refractivity contribution < 1.29 is 4.79 Å². The summed E-state index contributed by atoms with van der Waals surface area (Å²) >= 11 is 7.47. The molecule has 0 saturated carbocycles.